The average molecular weight is 357 g/mol. The molecule has 2 aromatic rings. The van der Waals surface area contributed by atoms with Gasteiger partial charge in [0.25, 0.3) is 0 Å². The summed E-state index contributed by atoms with van der Waals surface area (Å²) in [6.45, 7) is 10.7. The second-order valence-electron chi connectivity index (χ2n) is 7.83. The summed E-state index contributed by atoms with van der Waals surface area (Å²) in [6.07, 6.45) is 6.74. The Bertz CT molecular complexity index is 738. The van der Waals surface area contributed by atoms with E-state index in [1.165, 1.54) is 31.2 Å². The number of nitrogens with one attached hydrogen (secondary N) is 1. The highest BCUT2D eigenvalue weighted by Gasteiger charge is 2.26. The fourth-order valence-electron chi connectivity index (χ4n) is 4.11. The first-order valence-corrected chi connectivity index (χ1v) is 10.1. The Balaban J connectivity index is 1.75. The maximum absolute atomic E-state index is 12.0. The van der Waals surface area contributed by atoms with Crippen LogP contribution in [0.15, 0.2) is 28.9 Å². The molecule has 1 saturated heterocycles. The largest absolute Gasteiger partial charge is 0.464 e. The van der Waals surface area contributed by atoms with E-state index >= 15 is 0 Å². The molecule has 2 heterocycles. The van der Waals surface area contributed by atoms with Crippen molar-refractivity contribution in [2.24, 2.45) is 5.92 Å². The maximum atomic E-state index is 12.0. The van der Waals surface area contributed by atoms with Gasteiger partial charge < -0.3 is 14.6 Å². The smallest absolute Gasteiger partial charge is 0.226 e. The van der Waals surface area contributed by atoms with E-state index in [0.29, 0.717) is 5.92 Å². The van der Waals surface area contributed by atoms with Crippen molar-refractivity contribution in [1.29, 1.82) is 0 Å². The van der Waals surface area contributed by atoms with E-state index in [2.05, 4.69) is 30.1 Å². The molecule has 1 aliphatic rings. The summed E-state index contributed by atoms with van der Waals surface area (Å²) in [4.78, 5) is 14.6. The monoisotopic (exact) mass is 356 g/mol. The zero-order chi connectivity index (χ0) is 18.7. The Morgan fingerprint density at radius 2 is 1.92 bits per heavy atom. The lowest BCUT2D eigenvalue weighted by atomic mass is 9.88. The number of carbonyl (C=O) groups excluding carboxylic acids is 1. The number of hydrogen-bond donors (Lipinski definition) is 1. The number of rotatable bonds is 6. The molecule has 0 bridgehead atoms. The first-order valence-electron chi connectivity index (χ1n) is 10.1. The Morgan fingerprint density at radius 3 is 2.54 bits per heavy atom. The normalized spacial score (nSPS) is 16.7. The van der Waals surface area contributed by atoms with Crippen LogP contribution in [0.2, 0.25) is 0 Å². The molecule has 0 radical (unpaired) electrons. The zero-order valence-electron chi connectivity index (χ0n) is 16.5. The molecule has 0 spiro atoms. The van der Waals surface area contributed by atoms with Crippen LogP contribution in [0, 0.1) is 5.92 Å². The van der Waals surface area contributed by atoms with Gasteiger partial charge in [0.05, 0.1) is 6.26 Å². The van der Waals surface area contributed by atoms with Crippen molar-refractivity contribution < 1.29 is 9.21 Å². The summed E-state index contributed by atoms with van der Waals surface area (Å²) in [5, 5.41) is 4.15. The van der Waals surface area contributed by atoms with Crippen LogP contribution in [0.5, 0.6) is 0 Å². The number of nitrogens with zero attached hydrogens (tertiary/aromatic N) is 1. The molecule has 4 heteroatoms. The topological polar surface area (TPSA) is 45.5 Å². The van der Waals surface area contributed by atoms with Crippen molar-refractivity contribution in [3.63, 3.8) is 0 Å². The van der Waals surface area contributed by atoms with Gasteiger partial charge in [0, 0.05) is 28.6 Å². The Hall–Kier alpha value is -1.81. The predicted molar refractivity (Wildman–Crippen MR) is 108 cm³/mol. The van der Waals surface area contributed by atoms with E-state index in [1.807, 2.05) is 32.2 Å². The number of amides is 1. The van der Waals surface area contributed by atoms with E-state index in [0.717, 1.165) is 35.8 Å². The maximum Gasteiger partial charge on any atom is 0.226 e. The average Bonchev–Trinajstić information content (AvgIpc) is 3.06. The third-order valence-corrected chi connectivity index (χ3v) is 5.82. The molecule has 4 nitrogen and oxygen atoms in total. The van der Waals surface area contributed by atoms with Gasteiger partial charge in [-0.15, -0.1) is 0 Å². The summed E-state index contributed by atoms with van der Waals surface area (Å²) in [5.41, 5.74) is 3.06. The van der Waals surface area contributed by atoms with Gasteiger partial charge in [-0.2, -0.15) is 0 Å². The zero-order valence-corrected chi connectivity index (χ0v) is 16.5. The molecule has 0 atom stereocenters. The molecule has 1 N–H and O–H groups in total. The van der Waals surface area contributed by atoms with E-state index in [4.69, 9.17) is 4.42 Å². The molecular formula is C22H32N2O2. The molecule has 1 amide bonds. The van der Waals surface area contributed by atoms with Crippen molar-refractivity contribution in [3.8, 4) is 0 Å². The molecule has 1 aliphatic heterocycles. The van der Waals surface area contributed by atoms with Gasteiger partial charge in [-0.3, -0.25) is 4.79 Å². The Labute approximate surface area is 156 Å². The SMILES string of the molecule is CCC(CC)N1CCC(c2coc3ccc(NC(=O)C(C)C)cc23)CC1. The number of hydrogen-bond acceptors (Lipinski definition) is 3. The van der Waals surface area contributed by atoms with Crippen LogP contribution < -0.4 is 5.32 Å². The number of benzene rings is 1. The van der Waals surface area contributed by atoms with Crippen LogP contribution in [0.3, 0.4) is 0 Å². The number of fused-ring (bicyclic) bond motifs is 1. The number of piperidine rings is 1. The lowest BCUT2D eigenvalue weighted by Crippen LogP contribution is -2.40. The fraction of sp³-hybridized carbons (Fsp3) is 0.591. The quantitative estimate of drug-likeness (QED) is 0.754. The molecule has 1 fully saturated rings. The van der Waals surface area contributed by atoms with Gasteiger partial charge in [0.15, 0.2) is 0 Å². The Morgan fingerprint density at radius 1 is 1.23 bits per heavy atom. The molecule has 142 valence electrons. The lowest BCUT2D eigenvalue weighted by Gasteiger charge is -2.36. The molecular weight excluding hydrogens is 324 g/mol. The van der Waals surface area contributed by atoms with Crippen LogP contribution in [0.25, 0.3) is 11.0 Å². The van der Waals surface area contributed by atoms with E-state index in [1.54, 1.807) is 0 Å². The third-order valence-electron chi connectivity index (χ3n) is 5.82. The standard InChI is InChI=1S/C22H32N2O2/c1-5-18(6-2)24-11-9-16(10-12-24)20-14-26-21-8-7-17(13-19(20)21)23-22(25)15(3)4/h7-8,13-16,18H,5-6,9-12H2,1-4H3,(H,23,25). The minimum atomic E-state index is -0.0241. The van der Waals surface area contributed by atoms with Crippen LogP contribution in [0.1, 0.15) is 64.9 Å². The van der Waals surface area contributed by atoms with E-state index < -0.39 is 0 Å². The highest BCUT2D eigenvalue weighted by atomic mass is 16.3. The molecule has 26 heavy (non-hydrogen) atoms. The Kier molecular flexibility index (Phi) is 6.02. The number of carbonyl (C=O) groups is 1. The van der Waals surface area contributed by atoms with Gasteiger partial charge in [0.2, 0.25) is 5.91 Å². The minimum Gasteiger partial charge on any atom is -0.464 e. The van der Waals surface area contributed by atoms with Crippen molar-refractivity contribution in [2.75, 3.05) is 18.4 Å². The van der Waals surface area contributed by atoms with Crippen LogP contribution in [0.4, 0.5) is 5.69 Å². The summed E-state index contributed by atoms with van der Waals surface area (Å²) in [5.74, 6) is 0.565. The van der Waals surface area contributed by atoms with Crippen molar-refractivity contribution in [3.05, 3.63) is 30.0 Å². The molecule has 1 aromatic carbocycles. The highest BCUT2D eigenvalue weighted by Crippen LogP contribution is 2.36. The molecule has 0 unspecified atom stereocenters. The van der Waals surface area contributed by atoms with E-state index in [9.17, 15) is 4.79 Å². The third kappa shape index (κ3) is 3.96. The van der Waals surface area contributed by atoms with Crippen LogP contribution in [-0.2, 0) is 4.79 Å². The van der Waals surface area contributed by atoms with E-state index in [-0.39, 0.29) is 11.8 Å². The van der Waals surface area contributed by atoms with Crippen LogP contribution >= 0.6 is 0 Å². The summed E-state index contributed by atoms with van der Waals surface area (Å²) in [6, 6.07) is 6.68. The summed E-state index contributed by atoms with van der Waals surface area (Å²) in [7, 11) is 0. The predicted octanol–water partition coefficient (Wildman–Crippen LogP) is 5.40. The van der Waals surface area contributed by atoms with Gasteiger partial charge in [-0.1, -0.05) is 27.7 Å². The first-order chi connectivity index (χ1) is 12.5. The summed E-state index contributed by atoms with van der Waals surface area (Å²) < 4.78 is 5.80. The molecule has 0 aliphatic carbocycles. The van der Waals surface area contributed by atoms with Gasteiger partial charge in [-0.25, -0.2) is 0 Å². The minimum absolute atomic E-state index is 0.0241. The second kappa shape index (κ2) is 8.26. The first kappa shape index (κ1) is 19.0. The fourth-order valence-corrected chi connectivity index (χ4v) is 4.11. The molecule has 1 aromatic heterocycles. The van der Waals surface area contributed by atoms with Crippen molar-refractivity contribution >= 4 is 22.6 Å². The summed E-state index contributed by atoms with van der Waals surface area (Å²) >= 11 is 0. The lowest BCUT2D eigenvalue weighted by molar-refractivity contribution is -0.118. The number of likely N-dealkylation sites (tertiary alicyclic amines) is 1. The second-order valence-corrected chi connectivity index (χ2v) is 7.83. The van der Waals surface area contributed by atoms with Crippen molar-refractivity contribution in [1.82, 2.24) is 4.90 Å². The molecule has 0 saturated carbocycles. The molecule has 3 rings (SSSR count). The number of anilines is 1. The van der Waals surface area contributed by atoms with Crippen molar-refractivity contribution in [2.45, 2.75) is 65.3 Å². The van der Waals surface area contributed by atoms with Crippen LogP contribution in [-0.4, -0.2) is 29.9 Å². The number of furan rings is 1. The van der Waals surface area contributed by atoms with Gasteiger partial charge in [0.1, 0.15) is 5.58 Å². The van der Waals surface area contributed by atoms with Gasteiger partial charge in [-0.05, 0) is 62.9 Å². The van der Waals surface area contributed by atoms with Gasteiger partial charge >= 0.3 is 0 Å². The highest BCUT2D eigenvalue weighted by molar-refractivity contribution is 5.95.